The molecule has 2 nitrogen and oxygen atoms in total. The third-order valence-electron chi connectivity index (χ3n) is 1.16. The summed E-state index contributed by atoms with van der Waals surface area (Å²) in [5.74, 6) is 0.569. The first-order valence-electron chi connectivity index (χ1n) is 3.72. The van der Waals surface area contributed by atoms with E-state index in [9.17, 15) is 4.39 Å². The van der Waals surface area contributed by atoms with Gasteiger partial charge in [0.1, 0.15) is 12.4 Å². The zero-order valence-corrected chi connectivity index (χ0v) is 7.22. The van der Waals surface area contributed by atoms with Gasteiger partial charge in [0.05, 0.1) is 6.33 Å². The fourth-order valence-corrected chi connectivity index (χ4v) is 0.577. The summed E-state index contributed by atoms with van der Waals surface area (Å²) in [7, 11) is 1.84. The van der Waals surface area contributed by atoms with Crippen LogP contribution in [0.4, 0.5) is 4.39 Å². The molecule has 0 bridgehead atoms. The Labute approximate surface area is 72.4 Å². The van der Waals surface area contributed by atoms with E-state index in [-0.39, 0.29) is 0 Å². The number of likely N-dealkylation sites (N-methyl/N-ethyl adjacent to an activating group) is 1. The van der Waals surface area contributed by atoms with Crippen LogP contribution in [0.5, 0.6) is 0 Å². The van der Waals surface area contributed by atoms with E-state index in [1.165, 1.54) is 18.2 Å². The van der Waals surface area contributed by atoms with Gasteiger partial charge in [-0.15, -0.1) is 0 Å². The van der Waals surface area contributed by atoms with Gasteiger partial charge in [-0.2, -0.15) is 0 Å². The average molecular weight is 171 g/mol. The monoisotopic (exact) mass is 171 g/mol. The molecule has 0 aliphatic heterocycles. The van der Waals surface area contributed by atoms with Crippen molar-refractivity contribution in [3.8, 4) is 0 Å². The lowest BCUT2D eigenvalue weighted by Crippen LogP contribution is -2.13. The van der Waals surface area contributed by atoms with E-state index in [0.29, 0.717) is 18.7 Å². The minimum atomic E-state index is 0.449. The molecule has 3 heteroatoms. The zero-order valence-electron chi connectivity index (χ0n) is 7.22. The van der Waals surface area contributed by atoms with E-state index in [4.69, 9.17) is 4.74 Å². The quantitative estimate of drug-likeness (QED) is 0.373. The Morgan fingerprint density at radius 3 is 2.92 bits per heavy atom. The lowest BCUT2D eigenvalue weighted by molar-refractivity contribution is 0.227. The molecule has 68 valence electrons. The summed E-state index contributed by atoms with van der Waals surface area (Å²) in [6.45, 7) is 4.83. The van der Waals surface area contributed by atoms with Gasteiger partial charge >= 0.3 is 0 Å². The number of halogens is 1. The van der Waals surface area contributed by atoms with Crippen LogP contribution in [0, 0.1) is 0 Å². The van der Waals surface area contributed by atoms with Gasteiger partial charge in [-0.3, -0.25) is 0 Å². The first-order chi connectivity index (χ1) is 5.85. The van der Waals surface area contributed by atoms with Crippen LogP contribution in [0.15, 0.2) is 36.9 Å². The number of ether oxygens (including phenoxy) is 1. The highest BCUT2D eigenvalue weighted by Crippen LogP contribution is 1.98. The Morgan fingerprint density at radius 1 is 1.67 bits per heavy atom. The van der Waals surface area contributed by atoms with Crippen LogP contribution in [-0.2, 0) is 4.74 Å². The molecule has 0 radical (unpaired) electrons. The topological polar surface area (TPSA) is 21.3 Å². The summed E-state index contributed by atoms with van der Waals surface area (Å²) in [6.07, 6.45) is 4.76. The summed E-state index contributed by atoms with van der Waals surface area (Å²) in [4.78, 5) is 0. The molecule has 0 saturated heterocycles. The summed E-state index contributed by atoms with van der Waals surface area (Å²) in [5, 5.41) is 2.92. The van der Waals surface area contributed by atoms with Crippen molar-refractivity contribution in [3.63, 3.8) is 0 Å². The van der Waals surface area contributed by atoms with Crippen LogP contribution < -0.4 is 5.32 Å². The molecule has 0 rings (SSSR count). The van der Waals surface area contributed by atoms with E-state index in [1.807, 2.05) is 7.05 Å². The van der Waals surface area contributed by atoms with E-state index >= 15 is 0 Å². The molecule has 1 N–H and O–H groups in total. The fraction of sp³-hybridized carbons (Fsp3) is 0.333. The van der Waals surface area contributed by atoms with Gasteiger partial charge in [0.15, 0.2) is 0 Å². The molecule has 0 saturated carbocycles. The van der Waals surface area contributed by atoms with Crippen molar-refractivity contribution in [2.24, 2.45) is 0 Å². The molecule has 0 aromatic heterocycles. The first kappa shape index (κ1) is 10.9. The Balaban J connectivity index is 3.74. The number of hydrogen-bond acceptors (Lipinski definition) is 2. The SMILES string of the molecule is C=C/C(=C\C=C\F)OCCNC. The lowest BCUT2D eigenvalue weighted by Gasteiger charge is -2.04. The highest BCUT2D eigenvalue weighted by atomic mass is 19.1. The highest BCUT2D eigenvalue weighted by Gasteiger charge is 1.88. The van der Waals surface area contributed by atoms with Gasteiger partial charge in [0.2, 0.25) is 0 Å². The molecular formula is C9H14FNO. The molecule has 0 spiro atoms. The van der Waals surface area contributed by atoms with Crippen molar-refractivity contribution < 1.29 is 9.13 Å². The Bertz CT molecular complexity index is 175. The van der Waals surface area contributed by atoms with Gasteiger partial charge in [-0.05, 0) is 25.3 Å². The Morgan fingerprint density at radius 2 is 2.42 bits per heavy atom. The van der Waals surface area contributed by atoms with Crippen molar-refractivity contribution in [1.29, 1.82) is 0 Å². The molecule has 0 fully saturated rings. The Kier molecular flexibility index (Phi) is 7.28. The van der Waals surface area contributed by atoms with Gasteiger partial charge in [0.25, 0.3) is 0 Å². The van der Waals surface area contributed by atoms with Crippen molar-refractivity contribution in [2.45, 2.75) is 0 Å². The molecule has 0 amide bonds. The number of rotatable bonds is 6. The standard InChI is InChI=1S/C9H14FNO/c1-3-9(5-4-6-10)12-8-7-11-2/h3-6,11H,1,7-8H2,2H3/b6-4+,9-5+. The minimum Gasteiger partial charge on any atom is -0.492 e. The van der Waals surface area contributed by atoms with E-state index in [0.717, 1.165) is 6.54 Å². The summed E-state index contributed by atoms with van der Waals surface area (Å²) in [5.41, 5.74) is 0. The smallest absolute Gasteiger partial charge is 0.118 e. The van der Waals surface area contributed by atoms with Gasteiger partial charge in [-0.25, -0.2) is 4.39 Å². The third-order valence-corrected chi connectivity index (χ3v) is 1.16. The Hall–Kier alpha value is -1.09. The lowest BCUT2D eigenvalue weighted by atomic mass is 10.4. The van der Waals surface area contributed by atoms with E-state index < -0.39 is 0 Å². The van der Waals surface area contributed by atoms with Crippen LogP contribution >= 0.6 is 0 Å². The van der Waals surface area contributed by atoms with Crippen molar-refractivity contribution in [1.82, 2.24) is 5.32 Å². The second-order valence-corrected chi connectivity index (χ2v) is 2.04. The highest BCUT2D eigenvalue weighted by molar-refractivity contribution is 5.15. The summed E-state index contributed by atoms with van der Waals surface area (Å²) < 4.78 is 16.7. The minimum absolute atomic E-state index is 0.449. The van der Waals surface area contributed by atoms with Crippen molar-refractivity contribution in [2.75, 3.05) is 20.2 Å². The predicted octanol–water partition coefficient (Wildman–Crippen LogP) is 1.78. The second kappa shape index (κ2) is 8.01. The number of allylic oxidation sites excluding steroid dienone is 3. The molecular weight excluding hydrogens is 157 g/mol. The fourth-order valence-electron chi connectivity index (χ4n) is 0.577. The van der Waals surface area contributed by atoms with Crippen LogP contribution in [-0.4, -0.2) is 20.2 Å². The first-order valence-corrected chi connectivity index (χ1v) is 3.72. The van der Waals surface area contributed by atoms with Crippen LogP contribution in [0.2, 0.25) is 0 Å². The molecule has 12 heavy (non-hydrogen) atoms. The van der Waals surface area contributed by atoms with Crippen molar-refractivity contribution >= 4 is 0 Å². The molecule has 0 aromatic rings. The third kappa shape index (κ3) is 5.68. The van der Waals surface area contributed by atoms with Gasteiger partial charge < -0.3 is 10.1 Å². The molecule has 0 aliphatic rings. The van der Waals surface area contributed by atoms with Gasteiger partial charge in [0, 0.05) is 6.54 Å². The van der Waals surface area contributed by atoms with E-state index in [2.05, 4.69) is 11.9 Å². The summed E-state index contributed by atoms with van der Waals surface area (Å²) >= 11 is 0. The maximum Gasteiger partial charge on any atom is 0.118 e. The summed E-state index contributed by atoms with van der Waals surface area (Å²) in [6, 6.07) is 0. The van der Waals surface area contributed by atoms with Crippen LogP contribution in [0.3, 0.4) is 0 Å². The largest absolute Gasteiger partial charge is 0.492 e. The zero-order chi connectivity index (χ0) is 9.23. The number of hydrogen-bond donors (Lipinski definition) is 1. The maximum atomic E-state index is 11.6. The second-order valence-electron chi connectivity index (χ2n) is 2.04. The van der Waals surface area contributed by atoms with Gasteiger partial charge in [-0.1, -0.05) is 6.58 Å². The van der Waals surface area contributed by atoms with Crippen LogP contribution in [0.1, 0.15) is 0 Å². The van der Waals surface area contributed by atoms with Crippen LogP contribution in [0.25, 0.3) is 0 Å². The van der Waals surface area contributed by atoms with E-state index in [1.54, 1.807) is 0 Å². The molecule has 0 atom stereocenters. The normalized spacial score (nSPS) is 12.0. The predicted molar refractivity (Wildman–Crippen MR) is 48.4 cm³/mol. The molecule has 0 unspecified atom stereocenters. The van der Waals surface area contributed by atoms with Crippen molar-refractivity contribution in [3.05, 3.63) is 36.9 Å². The molecule has 0 heterocycles. The average Bonchev–Trinajstić information content (AvgIpc) is 2.11. The maximum absolute atomic E-state index is 11.6. The number of nitrogens with one attached hydrogen (secondary N) is 1. The molecule has 0 aliphatic carbocycles. The molecule has 0 aromatic carbocycles.